The minimum atomic E-state index is -3.53. The van der Waals surface area contributed by atoms with Crippen LogP contribution in [0.5, 0.6) is 0 Å². The predicted octanol–water partition coefficient (Wildman–Crippen LogP) is 2.66. The second-order valence-electron chi connectivity index (χ2n) is 8.38. The van der Waals surface area contributed by atoms with Gasteiger partial charge in [-0.05, 0) is 37.5 Å². The lowest BCUT2D eigenvalue weighted by Gasteiger charge is -2.20. The number of imidazole rings is 1. The SMILES string of the molecule is CCCCn1c(CCC(=O)N(C)CC2CCCO2)nc2cc(S(=O)(=O)N(C)C)ccc21. The van der Waals surface area contributed by atoms with Gasteiger partial charge < -0.3 is 14.2 Å². The summed E-state index contributed by atoms with van der Waals surface area (Å²) >= 11 is 0. The molecular weight excluding hydrogens is 416 g/mol. The van der Waals surface area contributed by atoms with Crippen LogP contribution in [-0.2, 0) is 32.5 Å². The van der Waals surface area contributed by atoms with Crippen LogP contribution in [0.1, 0.15) is 44.9 Å². The highest BCUT2D eigenvalue weighted by Gasteiger charge is 2.22. The number of carbonyl (C=O) groups is 1. The summed E-state index contributed by atoms with van der Waals surface area (Å²) in [4.78, 5) is 19.3. The van der Waals surface area contributed by atoms with Crippen molar-refractivity contribution in [3.63, 3.8) is 0 Å². The molecule has 1 aliphatic heterocycles. The molecule has 1 atom stereocenters. The van der Waals surface area contributed by atoms with Crippen LogP contribution < -0.4 is 0 Å². The standard InChI is InChI=1S/C22H34N4O4S/c1-5-6-13-26-20-10-9-18(31(28,29)24(2)3)15-19(20)23-21(26)11-12-22(27)25(4)16-17-8-7-14-30-17/h9-10,15,17H,5-8,11-14,16H2,1-4H3. The average molecular weight is 451 g/mol. The maximum absolute atomic E-state index is 12.7. The van der Waals surface area contributed by atoms with Crippen molar-refractivity contribution in [2.45, 2.75) is 63.0 Å². The highest BCUT2D eigenvalue weighted by atomic mass is 32.2. The van der Waals surface area contributed by atoms with E-state index in [1.165, 1.54) is 18.4 Å². The molecule has 1 aromatic heterocycles. The average Bonchev–Trinajstić information content (AvgIpc) is 3.37. The van der Waals surface area contributed by atoms with Crippen molar-refractivity contribution in [3.8, 4) is 0 Å². The zero-order chi connectivity index (χ0) is 22.6. The fourth-order valence-corrected chi connectivity index (χ4v) is 4.81. The van der Waals surface area contributed by atoms with Gasteiger partial charge in [-0.15, -0.1) is 0 Å². The lowest BCUT2D eigenvalue weighted by molar-refractivity contribution is -0.131. The Morgan fingerprint density at radius 2 is 2.06 bits per heavy atom. The summed E-state index contributed by atoms with van der Waals surface area (Å²) in [6.07, 6.45) is 5.10. The molecule has 8 nitrogen and oxygen atoms in total. The van der Waals surface area contributed by atoms with Gasteiger partial charge in [-0.25, -0.2) is 17.7 Å². The molecule has 0 radical (unpaired) electrons. The van der Waals surface area contributed by atoms with Crippen molar-refractivity contribution in [3.05, 3.63) is 24.0 Å². The molecular formula is C22H34N4O4S. The minimum Gasteiger partial charge on any atom is -0.376 e. The van der Waals surface area contributed by atoms with Crippen LogP contribution >= 0.6 is 0 Å². The maximum atomic E-state index is 12.7. The molecule has 1 fully saturated rings. The molecule has 31 heavy (non-hydrogen) atoms. The number of amides is 1. The number of carbonyl (C=O) groups excluding carboxylic acids is 1. The predicted molar refractivity (Wildman–Crippen MR) is 120 cm³/mol. The van der Waals surface area contributed by atoms with E-state index in [9.17, 15) is 13.2 Å². The molecule has 0 N–H and O–H groups in total. The summed E-state index contributed by atoms with van der Waals surface area (Å²) in [5.41, 5.74) is 1.55. The number of likely N-dealkylation sites (N-methyl/N-ethyl adjacent to an activating group) is 1. The molecule has 1 aliphatic rings. The summed E-state index contributed by atoms with van der Waals surface area (Å²) in [7, 11) is 1.33. The largest absolute Gasteiger partial charge is 0.376 e. The Labute approximate surface area is 185 Å². The van der Waals surface area contributed by atoms with Gasteiger partial charge in [-0.3, -0.25) is 4.79 Å². The van der Waals surface area contributed by atoms with E-state index in [2.05, 4.69) is 11.5 Å². The first-order valence-corrected chi connectivity index (χ1v) is 12.4. The Morgan fingerprint density at radius 3 is 2.71 bits per heavy atom. The quantitative estimate of drug-likeness (QED) is 0.556. The third-order valence-electron chi connectivity index (χ3n) is 5.80. The Kier molecular flexibility index (Phi) is 7.72. The molecule has 1 amide bonds. The van der Waals surface area contributed by atoms with Crippen LogP contribution in [0.4, 0.5) is 0 Å². The third-order valence-corrected chi connectivity index (χ3v) is 7.61. The van der Waals surface area contributed by atoms with Crippen molar-refractivity contribution in [2.24, 2.45) is 0 Å². The van der Waals surface area contributed by atoms with Gasteiger partial charge in [0.15, 0.2) is 0 Å². The molecule has 0 aliphatic carbocycles. The second-order valence-corrected chi connectivity index (χ2v) is 10.5. The molecule has 2 aromatic rings. The normalized spacial score (nSPS) is 17.0. The van der Waals surface area contributed by atoms with Gasteiger partial charge in [0.25, 0.3) is 0 Å². The molecule has 2 heterocycles. The number of hydrogen-bond acceptors (Lipinski definition) is 5. The maximum Gasteiger partial charge on any atom is 0.242 e. The van der Waals surface area contributed by atoms with Gasteiger partial charge in [0.1, 0.15) is 5.82 Å². The molecule has 0 bridgehead atoms. The number of hydrogen-bond donors (Lipinski definition) is 0. The number of unbranched alkanes of at least 4 members (excludes halogenated alkanes) is 1. The van der Waals surface area contributed by atoms with E-state index in [4.69, 9.17) is 9.72 Å². The number of sulfonamides is 1. The third kappa shape index (κ3) is 5.45. The molecule has 1 aromatic carbocycles. The first-order chi connectivity index (χ1) is 14.7. The zero-order valence-corrected chi connectivity index (χ0v) is 19.8. The molecule has 3 rings (SSSR count). The Hall–Kier alpha value is -1.97. The van der Waals surface area contributed by atoms with E-state index in [1.807, 2.05) is 13.1 Å². The van der Waals surface area contributed by atoms with E-state index in [0.717, 1.165) is 50.2 Å². The van der Waals surface area contributed by atoms with Crippen LogP contribution in [0, 0.1) is 0 Å². The molecule has 0 saturated carbocycles. The second kappa shape index (κ2) is 10.1. The smallest absolute Gasteiger partial charge is 0.242 e. The van der Waals surface area contributed by atoms with E-state index in [-0.39, 0.29) is 16.9 Å². The highest BCUT2D eigenvalue weighted by Crippen LogP contribution is 2.23. The molecule has 172 valence electrons. The van der Waals surface area contributed by atoms with Crippen LogP contribution in [0.3, 0.4) is 0 Å². The van der Waals surface area contributed by atoms with Crippen molar-refractivity contribution in [2.75, 3.05) is 34.3 Å². The lowest BCUT2D eigenvalue weighted by atomic mass is 10.2. The molecule has 9 heteroatoms. The summed E-state index contributed by atoms with van der Waals surface area (Å²) in [6, 6.07) is 5.08. The minimum absolute atomic E-state index is 0.0699. The Morgan fingerprint density at radius 1 is 1.29 bits per heavy atom. The van der Waals surface area contributed by atoms with Gasteiger partial charge in [0.2, 0.25) is 15.9 Å². The molecule has 1 saturated heterocycles. The number of aromatic nitrogens is 2. The van der Waals surface area contributed by atoms with Gasteiger partial charge in [0, 0.05) is 53.7 Å². The van der Waals surface area contributed by atoms with Crippen LogP contribution in [0.15, 0.2) is 23.1 Å². The van der Waals surface area contributed by atoms with Gasteiger partial charge in [-0.1, -0.05) is 13.3 Å². The lowest BCUT2D eigenvalue weighted by Crippen LogP contribution is -2.34. The fourth-order valence-electron chi connectivity index (χ4n) is 3.89. The highest BCUT2D eigenvalue weighted by molar-refractivity contribution is 7.89. The number of aryl methyl sites for hydroxylation is 2. The number of fused-ring (bicyclic) bond motifs is 1. The first kappa shape index (κ1) is 23.7. The fraction of sp³-hybridized carbons (Fsp3) is 0.636. The number of benzene rings is 1. The van der Waals surface area contributed by atoms with E-state index < -0.39 is 10.0 Å². The van der Waals surface area contributed by atoms with Gasteiger partial charge >= 0.3 is 0 Å². The topological polar surface area (TPSA) is 84.7 Å². The van der Waals surface area contributed by atoms with Crippen molar-refractivity contribution < 1.29 is 17.9 Å². The Balaban J connectivity index is 1.79. The van der Waals surface area contributed by atoms with Gasteiger partial charge in [-0.2, -0.15) is 0 Å². The summed E-state index contributed by atoms with van der Waals surface area (Å²) < 4.78 is 34.0. The summed E-state index contributed by atoms with van der Waals surface area (Å²) in [6.45, 7) is 4.32. The monoisotopic (exact) mass is 450 g/mol. The number of rotatable bonds is 10. The number of ether oxygens (including phenoxy) is 1. The first-order valence-electron chi connectivity index (χ1n) is 11.0. The van der Waals surface area contributed by atoms with Gasteiger partial charge in [0.05, 0.1) is 22.0 Å². The molecule has 1 unspecified atom stereocenters. The van der Waals surface area contributed by atoms with Crippen molar-refractivity contribution >= 4 is 27.0 Å². The van der Waals surface area contributed by atoms with Crippen molar-refractivity contribution in [1.82, 2.24) is 18.8 Å². The van der Waals surface area contributed by atoms with Crippen LogP contribution in [0.2, 0.25) is 0 Å². The Bertz CT molecular complexity index is 1010. The summed E-state index contributed by atoms with van der Waals surface area (Å²) in [5.74, 6) is 0.891. The zero-order valence-electron chi connectivity index (χ0n) is 19.0. The van der Waals surface area contributed by atoms with Crippen molar-refractivity contribution in [1.29, 1.82) is 0 Å². The summed E-state index contributed by atoms with van der Waals surface area (Å²) in [5, 5.41) is 0. The molecule has 0 spiro atoms. The van der Waals surface area contributed by atoms with E-state index in [1.54, 1.807) is 17.0 Å². The van der Waals surface area contributed by atoms with Crippen LogP contribution in [-0.4, -0.2) is 73.5 Å². The van der Waals surface area contributed by atoms with E-state index >= 15 is 0 Å². The van der Waals surface area contributed by atoms with Crippen LogP contribution in [0.25, 0.3) is 11.0 Å². The number of nitrogens with zero attached hydrogens (tertiary/aromatic N) is 4. The van der Waals surface area contributed by atoms with E-state index in [0.29, 0.717) is 24.9 Å².